The maximum absolute atomic E-state index is 10.7. The van der Waals surface area contributed by atoms with Crippen LogP contribution in [0.2, 0.25) is 0 Å². The second-order valence-corrected chi connectivity index (χ2v) is 5.55. The minimum Gasteiger partial charge on any atom is -0.481 e. The van der Waals surface area contributed by atoms with Gasteiger partial charge in [-0.15, -0.1) is 0 Å². The van der Waals surface area contributed by atoms with Crippen molar-refractivity contribution in [1.29, 1.82) is 0 Å². The number of carbonyl (C=O) groups is 1. The zero-order valence-electron chi connectivity index (χ0n) is 12.1. The topological polar surface area (TPSA) is 85.5 Å². The Balaban J connectivity index is 2.05. The first-order chi connectivity index (χ1) is 9.55. The molecule has 0 amide bonds. The van der Waals surface area contributed by atoms with Gasteiger partial charge in [0.25, 0.3) is 0 Å². The van der Waals surface area contributed by atoms with E-state index in [2.05, 4.69) is 10.1 Å². The van der Waals surface area contributed by atoms with Crippen molar-refractivity contribution in [2.75, 3.05) is 6.61 Å². The Labute approximate surface area is 118 Å². The highest BCUT2D eigenvalue weighted by Gasteiger charge is 2.40. The second-order valence-electron chi connectivity index (χ2n) is 5.55. The summed E-state index contributed by atoms with van der Waals surface area (Å²) in [7, 11) is 0. The fraction of sp³-hybridized carbons (Fsp3) is 0.786. The van der Waals surface area contributed by atoms with Crippen LogP contribution in [-0.4, -0.2) is 27.8 Å². The third-order valence-corrected chi connectivity index (χ3v) is 3.75. The van der Waals surface area contributed by atoms with Gasteiger partial charge in [-0.1, -0.05) is 12.1 Å². The number of aromatic nitrogens is 2. The molecule has 1 unspecified atom stereocenters. The van der Waals surface area contributed by atoms with Crippen molar-refractivity contribution in [3.63, 3.8) is 0 Å². The summed E-state index contributed by atoms with van der Waals surface area (Å²) in [6.07, 6.45) is 4.66. The number of carboxylic acid groups (broad SMARTS) is 1. The molecule has 1 heterocycles. The van der Waals surface area contributed by atoms with Crippen LogP contribution in [0.3, 0.4) is 0 Å². The summed E-state index contributed by atoms with van der Waals surface area (Å²) in [6, 6.07) is 0. The Morgan fingerprint density at radius 2 is 2.20 bits per heavy atom. The molecule has 0 radical (unpaired) electrons. The van der Waals surface area contributed by atoms with E-state index in [0.29, 0.717) is 24.7 Å². The number of hydrogen-bond acceptors (Lipinski definition) is 5. The molecular weight excluding hydrogens is 260 g/mol. The molecule has 0 bridgehead atoms. The molecule has 1 aliphatic carbocycles. The van der Waals surface area contributed by atoms with E-state index < -0.39 is 11.6 Å². The van der Waals surface area contributed by atoms with Gasteiger partial charge in [-0.25, -0.2) is 0 Å². The van der Waals surface area contributed by atoms with Crippen LogP contribution in [0.1, 0.15) is 57.7 Å². The molecule has 2 rings (SSSR count). The summed E-state index contributed by atoms with van der Waals surface area (Å²) in [4.78, 5) is 15.1. The Kier molecular flexibility index (Phi) is 4.75. The smallest absolute Gasteiger partial charge is 0.303 e. The van der Waals surface area contributed by atoms with Crippen LogP contribution in [0.5, 0.6) is 0 Å². The van der Waals surface area contributed by atoms with Crippen LogP contribution < -0.4 is 0 Å². The minimum atomic E-state index is -0.807. The van der Waals surface area contributed by atoms with Crippen LogP contribution in [0.25, 0.3) is 0 Å². The summed E-state index contributed by atoms with van der Waals surface area (Å²) in [5.41, 5.74) is -0.396. The van der Waals surface area contributed by atoms with Crippen molar-refractivity contribution in [2.24, 2.45) is 5.92 Å². The number of rotatable bonds is 7. The predicted molar refractivity (Wildman–Crippen MR) is 71.2 cm³/mol. The van der Waals surface area contributed by atoms with Gasteiger partial charge < -0.3 is 14.4 Å². The summed E-state index contributed by atoms with van der Waals surface area (Å²) < 4.78 is 11.1. The number of aliphatic carboxylic acids is 1. The molecule has 1 atom stereocenters. The van der Waals surface area contributed by atoms with E-state index in [1.54, 1.807) is 0 Å². The lowest BCUT2D eigenvalue weighted by Gasteiger charge is -2.24. The van der Waals surface area contributed by atoms with Crippen molar-refractivity contribution in [3.05, 3.63) is 11.7 Å². The van der Waals surface area contributed by atoms with Crippen molar-refractivity contribution in [3.8, 4) is 0 Å². The molecule has 1 fully saturated rings. The van der Waals surface area contributed by atoms with Crippen molar-refractivity contribution in [1.82, 2.24) is 10.1 Å². The average Bonchev–Trinajstić information content (AvgIpc) is 2.98. The van der Waals surface area contributed by atoms with E-state index >= 15 is 0 Å². The van der Waals surface area contributed by atoms with Gasteiger partial charge in [-0.2, -0.15) is 4.98 Å². The lowest BCUT2D eigenvalue weighted by Crippen LogP contribution is -2.27. The highest BCUT2D eigenvalue weighted by molar-refractivity contribution is 5.66. The lowest BCUT2D eigenvalue weighted by molar-refractivity contribution is -0.137. The molecule has 1 aromatic rings. The molecule has 6 heteroatoms. The van der Waals surface area contributed by atoms with E-state index in [4.69, 9.17) is 14.4 Å². The highest BCUT2D eigenvalue weighted by Crippen LogP contribution is 2.40. The normalized spacial score (nSPS) is 19.1. The first-order valence-corrected chi connectivity index (χ1v) is 7.24. The second kappa shape index (κ2) is 6.35. The first-order valence-electron chi connectivity index (χ1n) is 7.24. The quantitative estimate of drug-likeness (QED) is 0.827. The van der Waals surface area contributed by atoms with Crippen LogP contribution in [0.4, 0.5) is 0 Å². The molecule has 0 spiro atoms. The summed E-state index contributed by atoms with van der Waals surface area (Å²) in [5, 5.41) is 12.8. The highest BCUT2D eigenvalue weighted by atomic mass is 16.5. The van der Waals surface area contributed by atoms with Crippen molar-refractivity contribution < 1.29 is 19.2 Å². The van der Waals surface area contributed by atoms with Gasteiger partial charge in [-0.05, 0) is 38.5 Å². The van der Waals surface area contributed by atoms with Crippen LogP contribution in [-0.2, 0) is 21.6 Å². The van der Waals surface area contributed by atoms with Crippen LogP contribution >= 0.6 is 0 Å². The monoisotopic (exact) mass is 282 g/mol. The summed E-state index contributed by atoms with van der Waals surface area (Å²) in [5.74, 6) is 0.292. The molecule has 0 saturated heterocycles. The molecule has 0 aliphatic heterocycles. The molecular formula is C14H22N2O4. The molecule has 1 saturated carbocycles. The Morgan fingerprint density at radius 1 is 1.50 bits per heavy atom. The van der Waals surface area contributed by atoms with Gasteiger partial charge in [0.1, 0.15) is 5.60 Å². The van der Waals surface area contributed by atoms with Gasteiger partial charge in [0, 0.05) is 19.4 Å². The summed E-state index contributed by atoms with van der Waals surface area (Å²) >= 11 is 0. The summed E-state index contributed by atoms with van der Waals surface area (Å²) in [6.45, 7) is 4.46. The van der Waals surface area contributed by atoms with Gasteiger partial charge >= 0.3 is 5.97 Å². The maximum atomic E-state index is 10.7. The van der Waals surface area contributed by atoms with Crippen molar-refractivity contribution in [2.45, 2.75) is 58.0 Å². The van der Waals surface area contributed by atoms with E-state index in [1.165, 1.54) is 0 Å². The Hall–Kier alpha value is -1.43. The van der Waals surface area contributed by atoms with Crippen molar-refractivity contribution >= 4 is 5.97 Å². The third kappa shape index (κ3) is 3.36. The predicted octanol–water partition coefficient (Wildman–Crippen LogP) is 2.53. The van der Waals surface area contributed by atoms with E-state index in [0.717, 1.165) is 25.7 Å². The van der Waals surface area contributed by atoms with E-state index in [-0.39, 0.29) is 12.3 Å². The average molecular weight is 282 g/mol. The number of carboxylic acids is 1. The van der Waals surface area contributed by atoms with E-state index in [1.807, 2.05) is 13.8 Å². The Morgan fingerprint density at radius 3 is 2.80 bits per heavy atom. The fourth-order valence-electron chi connectivity index (χ4n) is 2.85. The standard InChI is InChI=1S/C14H22N2O4/c1-3-19-14(6-4-5-7-14)13-15-11(20-16-13)8-10(2)9-12(17)18/h10H,3-9H2,1-2H3,(H,17,18). The Bertz CT molecular complexity index is 452. The van der Waals surface area contributed by atoms with Gasteiger partial charge in [-0.3, -0.25) is 4.79 Å². The zero-order chi connectivity index (χ0) is 14.6. The van der Waals surface area contributed by atoms with Gasteiger partial charge in [0.15, 0.2) is 0 Å². The SMILES string of the molecule is CCOC1(c2noc(CC(C)CC(=O)O)n2)CCCC1. The van der Waals surface area contributed by atoms with Gasteiger partial charge in [0.05, 0.1) is 0 Å². The number of ether oxygens (including phenoxy) is 1. The van der Waals surface area contributed by atoms with E-state index in [9.17, 15) is 4.79 Å². The molecule has 1 aliphatic rings. The molecule has 0 aromatic carbocycles. The fourth-order valence-corrected chi connectivity index (χ4v) is 2.85. The van der Waals surface area contributed by atoms with Crippen LogP contribution in [0, 0.1) is 5.92 Å². The number of hydrogen-bond donors (Lipinski definition) is 1. The molecule has 20 heavy (non-hydrogen) atoms. The largest absolute Gasteiger partial charge is 0.481 e. The third-order valence-electron chi connectivity index (χ3n) is 3.75. The zero-order valence-corrected chi connectivity index (χ0v) is 12.1. The number of nitrogens with zero attached hydrogens (tertiary/aromatic N) is 2. The molecule has 1 aromatic heterocycles. The maximum Gasteiger partial charge on any atom is 0.303 e. The molecule has 112 valence electrons. The molecule has 6 nitrogen and oxygen atoms in total. The van der Waals surface area contributed by atoms with Crippen LogP contribution in [0.15, 0.2) is 4.52 Å². The minimum absolute atomic E-state index is 0.0209. The lowest BCUT2D eigenvalue weighted by atomic mass is 10.0. The first kappa shape index (κ1) is 15.0. The van der Waals surface area contributed by atoms with Gasteiger partial charge in [0.2, 0.25) is 11.7 Å². The molecule has 1 N–H and O–H groups in total.